The number of thioether (sulfide) groups is 1. The number of benzene rings is 1. The zero-order chi connectivity index (χ0) is 23.1. The van der Waals surface area contributed by atoms with Crippen LogP contribution in [-0.4, -0.2) is 44.9 Å². The van der Waals surface area contributed by atoms with E-state index < -0.39 is 5.97 Å². The topological polar surface area (TPSA) is 128 Å². The van der Waals surface area contributed by atoms with Gasteiger partial charge in [0.25, 0.3) is 5.91 Å². The molecule has 2 amide bonds. The Balaban J connectivity index is 1.55. The summed E-state index contributed by atoms with van der Waals surface area (Å²) in [4.78, 5) is 36.2. The zero-order valence-corrected chi connectivity index (χ0v) is 18.8. The summed E-state index contributed by atoms with van der Waals surface area (Å²) in [6, 6.07) is 7.68. The number of amides is 2. The van der Waals surface area contributed by atoms with Crippen molar-refractivity contribution in [2.75, 3.05) is 17.7 Å². The standard InChI is InChI=1S/C20H20ClN5O5S/c1-3-30-19(29)12-6-7-13(21)14(9-12)23-17(27)11-32-20-25-24-16(26(20)2)10-22-18(28)15-5-4-8-31-15/h4-9H,3,10-11H2,1-2H3,(H,22,28)(H,23,27). The van der Waals surface area contributed by atoms with E-state index in [9.17, 15) is 14.4 Å². The van der Waals surface area contributed by atoms with Gasteiger partial charge in [0.05, 0.1) is 41.4 Å². The lowest BCUT2D eigenvalue weighted by Gasteiger charge is -2.09. The van der Waals surface area contributed by atoms with Crippen LogP contribution >= 0.6 is 23.4 Å². The molecule has 1 aromatic carbocycles. The molecule has 2 N–H and O–H groups in total. The maximum Gasteiger partial charge on any atom is 0.338 e. The molecule has 168 valence electrons. The number of ether oxygens (including phenoxy) is 1. The summed E-state index contributed by atoms with van der Waals surface area (Å²) in [6.07, 6.45) is 1.41. The highest BCUT2D eigenvalue weighted by atomic mass is 35.5. The molecule has 0 spiro atoms. The fraction of sp³-hybridized carbons (Fsp3) is 0.250. The third kappa shape index (κ3) is 5.89. The molecular formula is C20H20ClN5O5S. The highest BCUT2D eigenvalue weighted by Crippen LogP contribution is 2.24. The smallest absolute Gasteiger partial charge is 0.338 e. The molecule has 0 unspecified atom stereocenters. The van der Waals surface area contributed by atoms with E-state index in [1.165, 1.54) is 24.5 Å². The first-order valence-corrected chi connectivity index (χ1v) is 10.8. The Labute approximate surface area is 192 Å². The van der Waals surface area contributed by atoms with Gasteiger partial charge in [0.1, 0.15) is 0 Å². The van der Waals surface area contributed by atoms with E-state index in [-0.39, 0.29) is 42.0 Å². The van der Waals surface area contributed by atoms with Gasteiger partial charge in [0.15, 0.2) is 16.7 Å². The van der Waals surface area contributed by atoms with Crippen molar-refractivity contribution >= 4 is 46.8 Å². The minimum absolute atomic E-state index is 0.0324. The van der Waals surface area contributed by atoms with Crippen molar-refractivity contribution in [3.63, 3.8) is 0 Å². The molecule has 32 heavy (non-hydrogen) atoms. The maximum atomic E-state index is 12.4. The van der Waals surface area contributed by atoms with Crippen molar-refractivity contribution < 1.29 is 23.5 Å². The molecule has 10 nitrogen and oxygen atoms in total. The summed E-state index contributed by atoms with van der Waals surface area (Å²) in [5, 5.41) is 14.2. The van der Waals surface area contributed by atoms with Crippen LogP contribution in [0.5, 0.6) is 0 Å². The van der Waals surface area contributed by atoms with E-state index in [1.807, 2.05) is 0 Å². The second kappa shape index (κ2) is 10.8. The van der Waals surface area contributed by atoms with Gasteiger partial charge < -0.3 is 24.4 Å². The molecule has 0 saturated carbocycles. The van der Waals surface area contributed by atoms with Crippen LogP contribution in [-0.2, 0) is 23.1 Å². The van der Waals surface area contributed by atoms with Gasteiger partial charge >= 0.3 is 5.97 Å². The van der Waals surface area contributed by atoms with Crippen LogP contribution in [0.1, 0.15) is 33.7 Å². The number of carbonyl (C=O) groups is 3. The molecule has 0 bridgehead atoms. The molecule has 0 atom stereocenters. The summed E-state index contributed by atoms with van der Waals surface area (Å²) in [6.45, 7) is 2.09. The van der Waals surface area contributed by atoms with E-state index >= 15 is 0 Å². The Morgan fingerprint density at radius 1 is 1.25 bits per heavy atom. The van der Waals surface area contributed by atoms with E-state index in [4.69, 9.17) is 20.8 Å². The molecule has 0 aliphatic rings. The predicted molar refractivity (Wildman–Crippen MR) is 118 cm³/mol. The average Bonchev–Trinajstić information content (AvgIpc) is 3.43. The van der Waals surface area contributed by atoms with Crippen LogP contribution in [0, 0.1) is 0 Å². The Bertz CT molecular complexity index is 1120. The van der Waals surface area contributed by atoms with E-state index in [2.05, 4.69) is 20.8 Å². The number of hydrogen-bond donors (Lipinski definition) is 2. The number of furan rings is 1. The molecule has 0 fully saturated rings. The summed E-state index contributed by atoms with van der Waals surface area (Å²) in [5.41, 5.74) is 0.593. The third-order valence-electron chi connectivity index (χ3n) is 4.16. The van der Waals surface area contributed by atoms with E-state index in [1.54, 1.807) is 30.7 Å². The number of anilines is 1. The number of rotatable bonds is 9. The fourth-order valence-corrected chi connectivity index (χ4v) is 3.45. The monoisotopic (exact) mass is 477 g/mol. The Kier molecular flexibility index (Phi) is 7.90. The van der Waals surface area contributed by atoms with Gasteiger partial charge in [0.2, 0.25) is 5.91 Å². The van der Waals surface area contributed by atoms with Crippen molar-refractivity contribution in [3.8, 4) is 0 Å². The number of esters is 1. The molecule has 12 heteroatoms. The Morgan fingerprint density at radius 2 is 2.06 bits per heavy atom. The fourth-order valence-electron chi connectivity index (χ4n) is 2.56. The number of aromatic nitrogens is 3. The largest absolute Gasteiger partial charge is 0.462 e. The van der Waals surface area contributed by atoms with Crippen molar-refractivity contribution in [2.24, 2.45) is 7.05 Å². The predicted octanol–water partition coefficient (Wildman–Crippen LogP) is 2.90. The number of nitrogens with one attached hydrogen (secondary N) is 2. The van der Waals surface area contributed by atoms with Crippen LogP contribution in [0.3, 0.4) is 0 Å². The second-order valence-corrected chi connectivity index (χ2v) is 7.72. The molecule has 0 saturated heterocycles. The Morgan fingerprint density at radius 3 is 2.78 bits per heavy atom. The number of carbonyl (C=O) groups excluding carboxylic acids is 3. The highest BCUT2D eigenvalue weighted by molar-refractivity contribution is 7.99. The number of hydrogen-bond acceptors (Lipinski definition) is 8. The van der Waals surface area contributed by atoms with Crippen LogP contribution in [0.2, 0.25) is 5.02 Å². The lowest BCUT2D eigenvalue weighted by molar-refractivity contribution is -0.113. The van der Waals surface area contributed by atoms with Gasteiger partial charge in [-0.3, -0.25) is 9.59 Å². The van der Waals surface area contributed by atoms with Crippen molar-refractivity contribution in [1.29, 1.82) is 0 Å². The molecule has 3 aromatic rings. The summed E-state index contributed by atoms with van der Waals surface area (Å²) in [5.74, 6) is -0.464. The molecule has 3 rings (SSSR count). The van der Waals surface area contributed by atoms with Crippen LogP contribution in [0.15, 0.2) is 46.2 Å². The van der Waals surface area contributed by atoms with Gasteiger partial charge in [-0.2, -0.15) is 0 Å². The van der Waals surface area contributed by atoms with E-state index in [0.717, 1.165) is 11.8 Å². The normalized spacial score (nSPS) is 10.6. The molecule has 0 aliphatic carbocycles. The Hall–Kier alpha value is -3.31. The van der Waals surface area contributed by atoms with Crippen LogP contribution in [0.25, 0.3) is 0 Å². The molecule has 0 aliphatic heterocycles. The summed E-state index contributed by atoms with van der Waals surface area (Å²) < 4.78 is 11.7. The van der Waals surface area contributed by atoms with Gasteiger partial charge in [-0.25, -0.2) is 4.79 Å². The highest BCUT2D eigenvalue weighted by Gasteiger charge is 2.15. The van der Waals surface area contributed by atoms with Crippen molar-refractivity contribution in [3.05, 3.63) is 58.8 Å². The maximum absolute atomic E-state index is 12.4. The molecule has 2 heterocycles. The third-order valence-corrected chi connectivity index (χ3v) is 5.51. The average molecular weight is 478 g/mol. The first kappa shape index (κ1) is 23.4. The molecule has 2 aromatic heterocycles. The van der Waals surface area contributed by atoms with Crippen LogP contribution < -0.4 is 10.6 Å². The summed E-state index contributed by atoms with van der Waals surface area (Å²) >= 11 is 7.29. The second-order valence-electron chi connectivity index (χ2n) is 6.37. The number of halogens is 1. The molecule has 0 radical (unpaired) electrons. The lowest BCUT2D eigenvalue weighted by atomic mass is 10.2. The molecular weight excluding hydrogens is 458 g/mol. The lowest BCUT2D eigenvalue weighted by Crippen LogP contribution is -2.24. The van der Waals surface area contributed by atoms with Gasteiger partial charge in [-0.15, -0.1) is 10.2 Å². The van der Waals surface area contributed by atoms with Gasteiger partial charge in [-0.1, -0.05) is 23.4 Å². The summed E-state index contributed by atoms with van der Waals surface area (Å²) in [7, 11) is 1.73. The van der Waals surface area contributed by atoms with Crippen molar-refractivity contribution in [2.45, 2.75) is 18.6 Å². The van der Waals surface area contributed by atoms with Gasteiger partial charge in [-0.05, 0) is 37.3 Å². The quantitative estimate of drug-likeness (QED) is 0.355. The number of nitrogens with zero attached hydrogens (tertiary/aromatic N) is 3. The zero-order valence-electron chi connectivity index (χ0n) is 17.3. The SMILES string of the molecule is CCOC(=O)c1ccc(Cl)c(NC(=O)CSc2nnc(CNC(=O)c3ccco3)n2C)c1. The minimum atomic E-state index is -0.500. The first-order valence-electron chi connectivity index (χ1n) is 9.48. The van der Waals surface area contributed by atoms with Crippen molar-refractivity contribution in [1.82, 2.24) is 20.1 Å². The van der Waals surface area contributed by atoms with Crippen LogP contribution in [0.4, 0.5) is 5.69 Å². The van der Waals surface area contributed by atoms with Gasteiger partial charge in [0, 0.05) is 7.05 Å². The first-order chi connectivity index (χ1) is 15.4. The van der Waals surface area contributed by atoms with E-state index in [0.29, 0.717) is 21.7 Å². The minimum Gasteiger partial charge on any atom is -0.462 e.